The number of hydrogen-bond acceptors (Lipinski definition) is 7. The molecule has 0 bridgehead atoms. The van der Waals surface area contributed by atoms with Crippen LogP contribution in [0.5, 0.6) is 0 Å². The molecule has 1 unspecified atom stereocenters. The Morgan fingerprint density at radius 1 is 1.16 bits per heavy atom. The van der Waals surface area contributed by atoms with E-state index in [9.17, 15) is 4.79 Å². The van der Waals surface area contributed by atoms with Crippen LogP contribution in [0.2, 0.25) is 0 Å². The van der Waals surface area contributed by atoms with Gasteiger partial charge in [0.2, 0.25) is 5.95 Å². The summed E-state index contributed by atoms with van der Waals surface area (Å²) in [7, 11) is 0. The second-order valence-electron chi connectivity index (χ2n) is 7.48. The zero-order chi connectivity index (χ0) is 22.8. The molecule has 0 saturated carbocycles. The van der Waals surface area contributed by atoms with Gasteiger partial charge in [-0.05, 0) is 12.5 Å². The number of cyclic esters (lactones) is 1. The Morgan fingerprint density at radius 2 is 1.94 bits per heavy atom. The molecule has 0 aliphatic carbocycles. The van der Waals surface area contributed by atoms with Crippen LogP contribution in [-0.2, 0) is 4.74 Å². The highest BCUT2D eigenvalue weighted by atomic mass is 32.1. The van der Waals surface area contributed by atoms with Crippen LogP contribution in [0.3, 0.4) is 0 Å². The van der Waals surface area contributed by atoms with Crippen molar-refractivity contribution in [3.8, 4) is 10.6 Å². The minimum atomic E-state index is -0.368. The van der Waals surface area contributed by atoms with Gasteiger partial charge in [-0.1, -0.05) is 70.4 Å². The highest BCUT2D eigenvalue weighted by Crippen LogP contribution is 2.32. The van der Waals surface area contributed by atoms with Crippen molar-refractivity contribution in [2.24, 2.45) is 0 Å². The molecule has 1 aliphatic rings. The molecule has 1 aliphatic heterocycles. The monoisotopic (exact) mass is 453 g/mol. The molecule has 170 valence electrons. The topological polar surface area (TPSA) is 80.2 Å². The van der Waals surface area contributed by atoms with E-state index in [1.165, 1.54) is 11.3 Å². The van der Waals surface area contributed by atoms with Crippen LogP contribution in [0, 0.1) is 0 Å². The predicted octanol–water partition coefficient (Wildman–Crippen LogP) is 6.32. The molecule has 1 N–H and O–H groups in total. The number of carbonyl (C=O) groups excluding carboxylic acids is 1. The van der Waals surface area contributed by atoms with E-state index in [1.807, 2.05) is 24.4 Å². The van der Waals surface area contributed by atoms with Gasteiger partial charge in [0.15, 0.2) is 0 Å². The number of unbranched alkanes of at least 4 members (excludes halogenated alkanes) is 1. The van der Waals surface area contributed by atoms with Crippen molar-refractivity contribution in [1.82, 2.24) is 15.0 Å². The lowest BCUT2D eigenvalue weighted by atomic mass is 10.1. The maximum Gasteiger partial charge on any atom is 0.415 e. The van der Waals surface area contributed by atoms with Crippen molar-refractivity contribution >= 4 is 29.2 Å². The van der Waals surface area contributed by atoms with E-state index < -0.39 is 0 Å². The third kappa shape index (κ3) is 6.26. The molecule has 32 heavy (non-hydrogen) atoms. The first kappa shape index (κ1) is 23.7. The number of ether oxygens (including phenoxy) is 1. The first-order chi connectivity index (χ1) is 15.7. The summed E-state index contributed by atoms with van der Waals surface area (Å²) in [5.41, 5.74) is 1.11. The van der Waals surface area contributed by atoms with Crippen LogP contribution >= 0.6 is 11.3 Å². The minimum Gasteiger partial charge on any atom is -0.447 e. The summed E-state index contributed by atoms with van der Waals surface area (Å²) in [5, 5.41) is 4.44. The largest absolute Gasteiger partial charge is 0.447 e. The maximum atomic E-state index is 11.8. The summed E-state index contributed by atoms with van der Waals surface area (Å²) < 4.78 is 5.01. The lowest BCUT2D eigenvalue weighted by Crippen LogP contribution is -2.25. The summed E-state index contributed by atoms with van der Waals surface area (Å²) in [5.74, 6) is 1.05. The molecule has 0 radical (unpaired) electrons. The van der Waals surface area contributed by atoms with E-state index >= 15 is 0 Å². The van der Waals surface area contributed by atoms with Crippen LogP contribution < -0.4 is 10.2 Å². The standard InChI is InChI=1S/C21H23N5O2S.C3H8/c1-2-3-9-16(17-14-23-19(29-17)15-7-5-4-6-8-15)24-20-22-11-10-18(25-20)26-12-13-28-21(26)27;1-3-2/h4-8,10-11,14,16H,2-3,9,12-13H2,1H3,(H,22,24,25);3H2,1-2H3. The van der Waals surface area contributed by atoms with E-state index in [0.29, 0.717) is 24.9 Å². The lowest BCUT2D eigenvalue weighted by molar-refractivity contribution is 0.181. The molecule has 3 heterocycles. The number of aromatic nitrogens is 3. The number of carbonyl (C=O) groups is 1. The number of nitrogens with zero attached hydrogens (tertiary/aromatic N) is 4. The number of amides is 1. The third-order valence-electron chi connectivity index (χ3n) is 4.72. The van der Waals surface area contributed by atoms with E-state index in [4.69, 9.17) is 4.74 Å². The molecule has 1 atom stereocenters. The van der Waals surface area contributed by atoms with Crippen molar-refractivity contribution < 1.29 is 9.53 Å². The normalized spacial score (nSPS) is 13.8. The number of thiazole rings is 1. The van der Waals surface area contributed by atoms with Crippen LogP contribution in [0.4, 0.5) is 16.6 Å². The van der Waals surface area contributed by atoms with Crippen LogP contribution in [0.1, 0.15) is 57.4 Å². The molecule has 2 aromatic heterocycles. The van der Waals surface area contributed by atoms with Crippen molar-refractivity contribution in [3.63, 3.8) is 0 Å². The molecule has 1 saturated heterocycles. The molecule has 7 nitrogen and oxygen atoms in total. The van der Waals surface area contributed by atoms with E-state index in [-0.39, 0.29) is 12.1 Å². The van der Waals surface area contributed by atoms with Gasteiger partial charge >= 0.3 is 6.09 Å². The Kier molecular flexibility index (Phi) is 8.98. The average Bonchev–Trinajstić information content (AvgIpc) is 3.47. The fourth-order valence-corrected chi connectivity index (χ4v) is 4.19. The molecule has 4 rings (SSSR count). The van der Waals surface area contributed by atoms with Gasteiger partial charge in [-0.25, -0.2) is 14.8 Å². The first-order valence-electron chi connectivity index (χ1n) is 11.2. The Bertz CT molecular complexity index is 979. The zero-order valence-electron chi connectivity index (χ0n) is 19.0. The van der Waals surface area contributed by atoms with Gasteiger partial charge in [-0.15, -0.1) is 11.3 Å². The van der Waals surface area contributed by atoms with Gasteiger partial charge in [0.25, 0.3) is 0 Å². The van der Waals surface area contributed by atoms with Crippen molar-refractivity contribution in [1.29, 1.82) is 0 Å². The molecule has 8 heteroatoms. The highest BCUT2D eigenvalue weighted by molar-refractivity contribution is 7.15. The van der Waals surface area contributed by atoms with Crippen molar-refractivity contribution in [2.75, 3.05) is 23.4 Å². The number of hydrogen-bond donors (Lipinski definition) is 1. The number of anilines is 2. The van der Waals surface area contributed by atoms with E-state index in [2.05, 4.69) is 53.2 Å². The fourth-order valence-electron chi connectivity index (χ4n) is 3.18. The van der Waals surface area contributed by atoms with Crippen molar-refractivity contribution in [2.45, 2.75) is 52.5 Å². The summed E-state index contributed by atoms with van der Waals surface area (Å²) >= 11 is 1.68. The van der Waals surface area contributed by atoms with Gasteiger partial charge in [-0.2, -0.15) is 4.98 Å². The Labute approximate surface area is 193 Å². The average molecular weight is 454 g/mol. The molecular weight excluding hydrogens is 422 g/mol. The Hall–Kier alpha value is -3.00. The van der Waals surface area contributed by atoms with Crippen LogP contribution in [0.25, 0.3) is 10.6 Å². The number of nitrogens with one attached hydrogen (secondary N) is 1. The summed E-state index contributed by atoms with van der Waals surface area (Å²) in [4.78, 5) is 28.0. The van der Waals surface area contributed by atoms with Gasteiger partial charge in [-0.3, -0.25) is 4.90 Å². The minimum absolute atomic E-state index is 0.0608. The summed E-state index contributed by atoms with van der Waals surface area (Å²) in [6, 6.07) is 12.0. The van der Waals surface area contributed by atoms with Crippen molar-refractivity contribution in [3.05, 3.63) is 53.7 Å². The first-order valence-corrected chi connectivity index (χ1v) is 12.0. The molecule has 0 spiro atoms. The van der Waals surface area contributed by atoms with E-state index in [0.717, 1.165) is 34.7 Å². The molecule has 1 amide bonds. The fraction of sp³-hybridized carbons (Fsp3) is 0.417. The maximum absolute atomic E-state index is 11.8. The summed E-state index contributed by atoms with van der Waals surface area (Å²) in [6.45, 7) is 7.31. The predicted molar refractivity (Wildman–Crippen MR) is 130 cm³/mol. The van der Waals surface area contributed by atoms with Gasteiger partial charge in [0, 0.05) is 22.8 Å². The zero-order valence-corrected chi connectivity index (χ0v) is 19.8. The molecule has 3 aromatic rings. The number of benzene rings is 1. The quantitative estimate of drug-likeness (QED) is 0.430. The van der Waals surface area contributed by atoms with Gasteiger partial charge in [0.1, 0.15) is 17.4 Å². The number of rotatable bonds is 8. The second kappa shape index (κ2) is 12.1. The van der Waals surface area contributed by atoms with Crippen LogP contribution in [0.15, 0.2) is 48.8 Å². The Balaban J connectivity index is 0.000000913. The smallest absolute Gasteiger partial charge is 0.415 e. The van der Waals surface area contributed by atoms with Crippen LogP contribution in [-0.4, -0.2) is 34.2 Å². The molecular formula is C24H31N5O2S. The highest BCUT2D eigenvalue weighted by Gasteiger charge is 2.25. The summed E-state index contributed by atoms with van der Waals surface area (Å²) in [6.07, 6.45) is 7.60. The third-order valence-corrected chi connectivity index (χ3v) is 5.88. The second-order valence-corrected chi connectivity index (χ2v) is 8.55. The Morgan fingerprint density at radius 3 is 2.62 bits per heavy atom. The molecule has 1 fully saturated rings. The molecule has 1 aromatic carbocycles. The van der Waals surface area contributed by atoms with Gasteiger partial charge < -0.3 is 10.1 Å². The van der Waals surface area contributed by atoms with Gasteiger partial charge in [0.05, 0.1) is 12.6 Å². The van der Waals surface area contributed by atoms with E-state index in [1.54, 1.807) is 23.6 Å². The SMILES string of the molecule is CCC.CCCCC(Nc1nccc(N2CCOC2=O)n1)c1cnc(-c2ccccc2)s1. The lowest BCUT2D eigenvalue weighted by Gasteiger charge is -2.18.